The summed E-state index contributed by atoms with van der Waals surface area (Å²) in [5, 5.41) is 3.90. The van der Waals surface area contributed by atoms with Gasteiger partial charge in [-0.2, -0.15) is 0 Å². The van der Waals surface area contributed by atoms with Gasteiger partial charge in [0.2, 0.25) is 0 Å². The van der Waals surface area contributed by atoms with Crippen LogP contribution in [0, 0.1) is 0 Å². The molecule has 1 N–H and O–H groups in total. The number of benzene rings is 2. The Bertz CT molecular complexity index is 809. The van der Waals surface area contributed by atoms with Gasteiger partial charge in [-0.05, 0) is 61.7 Å². The van der Waals surface area contributed by atoms with E-state index in [-0.39, 0.29) is 5.41 Å². The molecule has 0 amide bonds. The fraction of sp³-hybridized carbons (Fsp3) is 0.409. The third kappa shape index (κ3) is 3.15. The number of halogens is 1. The first-order chi connectivity index (χ1) is 12.7. The Balaban J connectivity index is 1.70. The number of nitrogens with zero attached hydrogens (tertiary/aromatic N) is 1. The smallest absolute Gasteiger partial charge is 0.120 e. The highest BCUT2D eigenvalue weighted by Crippen LogP contribution is 2.48. The first-order valence-corrected chi connectivity index (χ1v) is 9.82. The van der Waals surface area contributed by atoms with Crippen molar-refractivity contribution in [3.05, 3.63) is 64.2 Å². The second kappa shape index (κ2) is 7.42. The summed E-state index contributed by atoms with van der Waals surface area (Å²) in [6.07, 6.45) is 4.55. The molecule has 1 aliphatic carbocycles. The zero-order valence-electron chi connectivity index (χ0n) is 15.2. The van der Waals surface area contributed by atoms with Gasteiger partial charge in [0.1, 0.15) is 12.4 Å². The van der Waals surface area contributed by atoms with Crippen LogP contribution in [0.15, 0.2) is 47.5 Å². The zero-order chi connectivity index (χ0) is 18.0. The van der Waals surface area contributed by atoms with E-state index in [9.17, 15) is 0 Å². The van der Waals surface area contributed by atoms with E-state index >= 15 is 0 Å². The number of hydrogen-bond acceptors (Lipinski definition) is 3. The molecule has 1 fully saturated rings. The highest BCUT2D eigenvalue weighted by atomic mass is 35.5. The average molecular weight is 369 g/mol. The summed E-state index contributed by atoms with van der Waals surface area (Å²) in [5.41, 5.74) is 5.26. The van der Waals surface area contributed by atoms with Crippen molar-refractivity contribution in [3.63, 3.8) is 0 Å². The maximum atomic E-state index is 6.12. The van der Waals surface area contributed by atoms with Crippen LogP contribution in [-0.2, 0) is 11.8 Å². The van der Waals surface area contributed by atoms with Gasteiger partial charge in [0.05, 0.1) is 5.71 Å². The minimum atomic E-state index is 0.0311. The van der Waals surface area contributed by atoms with E-state index in [0.717, 1.165) is 43.1 Å². The van der Waals surface area contributed by atoms with Gasteiger partial charge in [0.15, 0.2) is 0 Å². The molecule has 0 aromatic heterocycles. The van der Waals surface area contributed by atoms with Crippen molar-refractivity contribution in [2.24, 2.45) is 4.99 Å². The maximum Gasteiger partial charge on any atom is 0.120 e. The number of aliphatic imine (C=N–C) groups is 1. The van der Waals surface area contributed by atoms with Crippen molar-refractivity contribution >= 4 is 17.3 Å². The van der Waals surface area contributed by atoms with Gasteiger partial charge >= 0.3 is 0 Å². The molecule has 136 valence electrons. The average Bonchev–Trinajstić information content (AvgIpc) is 2.63. The van der Waals surface area contributed by atoms with Crippen molar-refractivity contribution in [1.29, 1.82) is 0 Å². The van der Waals surface area contributed by atoms with Crippen molar-refractivity contribution in [2.45, 2.75) is 31.1 Å². The molecule has 1 heterocycles. The molecule has 2 aromatic carbocycles. The largest absolute Gasteiger partial charge is 0.492 e. The molecule has 3 nitrogen and oxygen atoms in total. The van der Waals surface area contributed by atoms with Crippen LogP contribution in [-0.4, -0.2) is 32.5 Å². The lowest BCUT2D eigenvalue weighted by Crippen LogP contribution is -2.44. The normalized spacial score (nSPS) is 17.8. The molecule has 0 unspecified atom stereocenters. The standard InChI is InChI=1S/C22H25ClN2O/c1-24-13-14-26-19-8-3-16-9-12-25-21(20(16)15-19)22(10-2-11-22)17-4-6-18(23)7-5-17/h3-8,15,24H,2,9-14H2,1H3. The van der Waals surface area contributed by atoms with Crippen LogP contribution in [0.3, 0.4) is 0 Å². The van der Waals surface area contributed by atoms with Gasteiger partial charge in [-0.3, -0.25) is 4.99 Å². The molecule has 2 aromatic rings. The second-order valence-electron chi connectivity index (χ2n) is 7.19. The highest BCUT2D eigenvalue weighted by molar-refractivity contribution is 6.30. The minimum absolute atomic E-state index is 0.0311. The summed E-state index contributed by atoms with van der Waals surface area (Å²) in [6, 6.07) is 14.8. The van der Waals surface area contributed by atoms with Crippen LogP contribution >= 0.6 is 11.6 Å². The molecule has 4 rings (SSSR count). The number of rotatable bonds is 6. The van der Waals surface area contributed by atoms with Crippen molar-refractivity contribution < 1.29 is 4.74 Å². The Labute approximate surface area is 160 Å². The van der Waals surface area contributed by atoms with Crippen LogP contribution in [0.25, 0.3) is 0 Å². The third-order valence-electron chi connectivity index (χ3n) is 5.67. The topological polar surface area (TPSA) is 33.6 Å². The lowest BCUT2D eigenvalue weighted by atomic mass is 9.59. The van der Waals surface area contributed by atoms with Gasteiger partial charge in [-0.25, -0.2) is 0 Å². The number of likely N-dealkylation sites (N-methyl/N-ethyl adjacent to an activating group) is 1. The summed E-state index contributed by atoms with van der Waals surface area (Å²) in [5.74, 6) is 0.930. The first-order valence-electron chi connectivity index (χ1n) is 9.45. The van der Waals surface area contributed by atoms with Gasteiger partial charge in [-0.1, -0.05) is 36.2 Å². The Morgan fingerprint density at radius 3 is 2.65 bits per heavy atom. The van der Waals surface area contributed by atoms with E-state index in [4.69, 9.17) is 21.3 Å². The molecule has 1 aliphatic heterocycles. The molecule has 1 saturated carbocycles. The van der Waals surface area contributed by atoms with Crippen LogP contribution in [0.4, 0.5) is 0 Å². The number of hydrogen-bond donors (Lipinski definition) is 1. The number of nitrogens with one attached hydrogen (secondary N) is 1. The van der Waals surface area contributed by atoms with Gasteiger partial charge in [-0.15, -0.1) is 0 Å². The van der Waals surface area contributed by atoms with E-state index < -0.39 is 0 Å². The molecule has 2 aliphatic rings. The number of fused-ring (bicyclic) bond motifs is 1. The van der Waals surface area contributed by atoms with E-state index in [2.05, 4.69) is 35.6 Å². The minimum Gasteiger partial charge on any atom is -0.492 e. The van der Waals surface area contributed by atoms with Crippen LogP contribution < -0.4 is 10.1 Å². The quantitative estimate of drug-likeness (QED) is 0.766. The fourth-order valence-electron chi connectivity index (χ4n) is 4.10. The van der Waals surface area contributed by atoms with Gasteiger partial charge in [0, 0.05) is 29.1 Å². The fourth-order valence-corrected chi connectivity index (χ4v) is 4.22. The molecule has 0 atom stereocenters. The molecule has 0 spiro atoms. The first kappa shape index (κ1) is 17.6. The van der Waals surface area contributed by atoms with Crippen LogP contribution in [0.2, 0.25) is 5.02 Å². The molecule has 4 heteroatoms. The molecule has 0 radical (unpaired) electrons. The molecular weight excluding hydrogens is 344 g/mol. The number of ether oxygens (including phenoxy) is 1. The maximum absolute atomic E-state index is 6.12. The molecular formula is C22H25ClN2O. The van der Waals surface area contributed by atoms with E-state index in [1.54, 1.807) is 0 Å². The Kier molecular flexibility index (Phi) is 5.01. The Hall–Kier alpha value is -1.84. The SMILES string of the molecule is CNCCOc1ccc2c(c1)C(C1(c3ccc(Cl)cc3)CCC1)=NCC2. The predicted octanol–water partition coefficient (Wildman–Crippen LogP) is 4.41. The highest BCUT2D eigenvalue weighted by Gasteiger charge is 2.45. The Morgan fingerprint density at radius 1 is 1.15 bits per heavy atom. The molecule has 0 bridgehead atoms. The molecule has 26 heavy (non-hydrogen) atoms. The monoisotopic (exact) mass is 368 g/mol. The molecule has 0 saturated heterocycles. The lowest BCUT2D eigenvalue weighted by molar-refractivity contribution is 0.317. The second-order valence-corrected chi connectivity index (χ2v) is 7.63. The summed E-state index contributed by atoms with van der Waals surface area (Å²) >= 11 is 6.12. The summed E-state index contributed by atoms with van der Waals surface area (Å²) < 4.78 is 5.91. The van der Waals surface area contributed by atoms with E-state index in [1.807, 2.05) is 19.2 Å². The predicted molar refractivity (Wildman–Crippen MR) is 108 cm³/mol. The lowest BCUT2D eigenvalue weighted by Gasteiger charge is -2.45. The van der Waals surface area contributed by atoms with Gasteiger partial charge < -0.3 is 10.1 Å². The summed E-state index contributed by atoms with van der Waals surface area (Å²) in [6.45, 7) is 2.38. The summed E-state index contributed by atoms with van der Waals surface area (Å²) in [4.78, 5) is 5.02. The van der Waals surface area contributed by atoms with Crippen molar-refractivity contribution in [2.75, 3.05) is 26.7 Å². The van der Waals surface area contributed by atoms with Gasteiger partial charge in [0.25, 0.3) is 0 Å². The van der Waals surface area contributed by atoms with Crippen LogP contribution in [0.1, 0.15) is 36.0 Å². The van der Waals surface area contributed by atoms with Crippen molar-refractivity contribution in [1.82, 2.24) is 5.32 Å². The van der Waals surface area contributed by atoms with E-state index in [0.29, 0.717) is 6.61 Å². The Morgan fingerprint density at radius 2 is 1.96 bits per heavy atom. The van der Waals surface area contributed by atoms with E-state index in [1.165, 1.54) is 28.8 Å². The third-order valence-corrected chi connectivity index (χ3v) is 5.92. The van der Waals surface area contributed by atoms with Crippen LogP contribution in [0.5, 0.6) is 5.75 Å². The van der Waals surface area contributed by atoms with Crippen molar-refractivity contribution in [3.8, 4) is 5.75 Å². The summed E-state index contributed by atoms with van der Waals surface area (Å²) in [7, 11) is 1.94. The zero-order valence-corrected chi connectivity index (χ0v) is 16.0.